The Labute approximate surface area is 208 Å². The molecule has 0 aliphatic carbocycles. The summed E-state index contributed by atoms with van der Waals surface area (Å²) in [4.78, 5) is 34.0. The maximum atomic E-state index is 12.8. The van der Waals surface area contributed by atoms with Gasteiger partial charge in [-0.2, -0.15) is 0 Å². The quantitative estimate of drug-likeness (QED) is 0.511. The van der Waals surface area contributed by atoms with Crippen molar-refractivity contribution >= 4 is 34.0 Å². The van der Waals surface area contributed by atoms with Crippen LogP contribution >= 0.6 is 11.3 Å². The van der Waals surface area contributed by atoms with Gasteiger partial charge in [-0.15, -0.1) is 11.3 Å². The molecule has 0 atom stereocenters. The van der Waals surface area contributed by atoms with Crippen LogP contribution in [0, 0.1) is 0 Å². The minimum Gasteiger partial charge on any atom is -0.497 e. The molecule has 1 fully saturated rings. The first-order valence-electron chi connectivity index (χ1n) is 11.1. The van der Waals surface area contributed by atoms with Gasteiger partial charge in [-0.1, -0.05) is 0 Å². The van der Waals surface area contributed by atoms with Crippen LogP contribution < -0.4 is 24.4 Å². The fourth-order valence-corrected chi connectivity index (χ4v) is 4.53. The number of anilines is 2. The average Bonchev–Trinajstić information content (AvgIpc) is 3.34. The fraction of sp³-hybridized carbons (Fsp3) is 0.320. The van der Waals surface area contributed by atoms with E-state index in [4.69, 9.17) is 14.2 Å². The highest BCUT2D eigenvalue weighted by atomic mass is 32.1. The first-order valence-corrected chi connectivity index (χ1v) is 12.0. The molecule has 4 rings (SSSR count). The zero-order valence-electron chi connectivity index (χ0n) is 19.9. The van der Waals surface area contributed by atoms with Gasteiger partial charge in [0.1, 0.15) is 17.2 Å². The summed E-state index contributed by atoms with van der Waals surface area (Å²) >= 11 is 1.29. The van der Waals surface area contributed by atoms with Crippen molar-refractivity contribution in [3.63, 3.8) is 0 Å². The molecule has 2 heterocycles. The molecule has 0 unspecified atom stereocenters. The Balaban J connectivity index is 1.30. The van der Waals surface area contributed by atoms with E-state index >= 15 is 0 Å². The van der Waals surface area contributed by atoms with Gasteiger partial charge in [0.25, 0.3) is 5.91 Å². The van der Waals surface area contributed by atoms with Crippen LogP contribution in [-0.4, -0.2) is 69.2 Å². The number of nitrogens with one attached hydrogen (secondary N) is 1. The fourth-order valence-electron chi connectivity index (χ4n) is 3.83. The molecule has 0 saturated carbocycles. The second kappa shape index (κ2) is 11.1. The summed E-state index contributed by atoms with van der Waals surface area (Å²) in [6.45, 7) is 2.83. The smallest absolute Gasteiger partial charge is 0.257 e. The van der Waals surface area contributed by atoms with Crippen LogP contribution in [0.25, 0.3) is 0 Å². The SMILES string of the molecule is COc1ccc(N2CCN(C(=O)Cc3csc(NC(=O)c4cc(OC)cc(OC)c4)n3)CC2)cc1. The summed E-state index contributed by atoms with van der Waals surface area (Å²) in [5.74, 6) is 1.56. The van der Waals surface area contributed by atoms with E-state index in [1.807, 2.05) is 29.2 Å². The molecule has 10 heteroatoms. The molecule has 0 radical (unpaired) electrons. The molecule has 35 heavy (non-hydrogen) atoms. The van der Waals surface area contributed by atoms with Crippen molar-refractivity contribution in [2.75, 3.05) is 57.7 Å². The third-order valence-electron chi connectivity index (χ3n) is 5.79. The highest BCUT2D eigenvalue weighted by Gasteiger charge is 2.22. The van der Waals surface area contributed by atoms with E-state index in [1.54, 1.807) is 30.7 Å². The first kappa shape index (κ1) is 24.3. The Morgan fingerprint density at radius 2 is 1.54 bits per heavy atom. The molecule has 2 amide bonds. The number of thiazole rings is 1. The summed E-state index contributed by atoms with van der Waals surface area (Å²) < 4.78 is 15.7. The van der Waals surface area contributed by atoms with E-state index in [-0.39, 0.29) is 18.2 Å². The van der Waals surface area contributed by atoms with Gasteiger partial charge in [-0.25, -0.2) is 4.98 Å². The maximum Gasteiger partial charge on any atom is 0.257 e. The minimum absolute atomic E-state index is 0.0279. The van der Waals surface area contributed by atoms with Gasteiger partial charge in [-0.3, -0.25) is 14.9 Å². The average molecular weight is 497 g/mol. The number of amides is 2. The van der Waals surface area contributed by atoms with E-state index in [1.165, 1.54) is 25.6 Å². The number of carbonyl (C=O) groups is 2. The lowest BCUT2D eigenvalue weighted by atomic mass is 10.2. The van der Waals surface area contributed by atoms with E-state index in [0.717, 1.165) is 24.5 Å². The normalized spacial score (nSPS) is 13.3. The Bertz CT molecular complexity index is 1150. The van der Waals surface area contributed by atoms with Crippen LogP contribution in [0.15, 0.2) is 47.8 Å². The second-order valence-corrected chi connectivity index (χ2v) is 8.80. The van der Waals surface area contributed by atoms with Gasteiger partial charge in [0.05, 0.1) is 33.4 Å². The van der Waals surface area contributed by atoms with Crippen LogP contribution in [0.5, 0.6) is 17.2 Å². The van der Waals surface area contributed by atoms with Gasteiger partial charge in [0.15, 0.2) is 5.13 Å². The number of piperazine rings is 1. The number of carbonyl (C=O) groups excluding carboxylic acids is 2. The lowest BCUT2D eigenvalue weighted by Crippen LogP contribution is -2.49. The Kier molecular flexibility index (Phi) is 7.71. The molecule has 1 aromatic heterocycles. The molecule has 0 spiro atoms. The standard InChI is InChI=1S/C25H28N4O5S/c1-32-20-6-4-19(5-7-20)28-8-10-29(11-9-28)23(30)14-18-16-35-25(26-18)27-24(31)17-12-21(33-2)15-22(13-17)34-3/h4-7,12-13,15-16H,8-11,14H2,1-3H3,(H,26,27,31). The van der Waals surface area contributed by atoms with Gasteiger partial charge in [0, 0.05) is 48.9 Å². The van der Waals surface area contributed by atoms with Crippen molar-refractivity contribution < 1.29 is 23.8 Å². The molecule has 1 aliphatic rings. The van der Waals surface area contributed by atoms with Crippen molar-refractivity contribution in [1.29, 1.82) is 0 Å². The Morgan fingerprint density at radius 1 is 0.914 bits per heavy atom. The molecule has 1 aliphatic heterocycles. The minimum atomic E-state index is -0.330. The van der Waals surface area contributed by atoms with Gasteiger partial charge in [0.2, 0.25) is 5.91 Å². The van der Waals surface area contributed by atoms with Crippen LogP contribution in [0.3, 0.4) is 0 Å². The predicted molar refractivity (Wildman–Crippen MR) is 135 cm³/mol. The highest BCUT2D eigenvalue weighted by Crippen LogP contribution is 2.25. The molecule has 9 nitrogen and oxygen atoms in total. The topological polar surface area (TPSA) is 93.2 Å². The van der Waals surface area contributed by atoms with Gasteiger partial charge >= 0.3 is 0 Å². The number of aromatic nitrogens is 1. The largest absolute Gasteiger partial charge is 0.497 e. The Hall–Kier alpha value is -3.79. The lowest BCUT2D eigenvalue weighted by Gasteiger charge is -2.36. The summed E-state index contributed by atoms with van der Waals surface area (Å²) in [6.07, 6.45) is 0.196. The molecule has 184 valence electrons. The van der Waals surface area contributed by atoms with Crippen molar-refractivity contribution in [3.8, 4) is 17.2 Å². The summed E-state index contributed by atoms with van der Waals surface area (Å²) in [5.41, 5.74) is 2.14. The summed E-state index contributed by atoms with van der Waals surface area (Å²) in [7, 11) is 4.70. The predicted octanol–water partition coefficient (Wildman–Crippen LogP) is 3.31. The van der Waals surface area contributed by atoms with E-state index in [9.17, 15) is 9.59 Å². The summed E-state index contributed by atoms with van der Waals surface area (Å²) in [5, 5.41) is 5.02. The van der Waals surface area contributed by atoms with Crippen LogP contribution in [0.2, 0.25) is 0 Å². The van der Waals surface area contributed by atoms with Crippen molar-refractivity contribution in [2.24, 2.45) is 0 Å². The lowest BCUT2D eigenvalue weighted by molar-refractivity contribution is -0.130. The molecular formula is C25H28N4O5S. The number of rotatable bonds is 8. The van der Waals surface area contributed by atoms with Gasteiger partial charge in [-0.05, 0) is 36.4 Å². The zero-order chi connectivity index (χ0) is 24.8. The van der Waals surface area contributed by atoms with Crippen LogP contribution in [-0.2, 0) is 11.2 Å². The third kappa shape index (κ3) is 6.02. The number of ether oxygens (including phenoxy) is 3. The monoisotopic (exact) mass is 496 g/mol. The Morgan fingerprint density at radius 3 is 2.14 bits per heavy atom. The summed E-state index contributed by atoms with van der Waals surface area (Å²) in [6, 6.07) is 12.9. The van der Waals surface area contributed by atoms with Crippen molar-refractivity contribution in [2.45, 2.75) is 6.42 Å². The molecule has 2 aromatic carbocycles. The highest BCUT2D eigenvalue weighted by molar-refractivity contribution is 7.14. The van der Waals surface area contributed by atoms with Crippen LogP contribution in [0.1, 0.15) is 16.1 Å². The van der Waals surface area contributed by atoms with Crippen molar-refractivity contribution in [1.82, 2.24) is 9.88 Å². The molecular weight excluding hydrogens is 468 g/mol. The molecule has 0 bridgehead atoms. The molecule has 1 saturated heterocycles. The van der Waals surface area contributed by atoms with E-state index < -0.39 is 0 Å². The maximum absolute atomic E-state index is 12.8. The third-order valence-corrected chi connectivity index (χ3v) is 6.59. The van der Waals surface area contributed by atoms with Crippen molar-refractivity contribution in [3.05, 3.63) is 59.1 Å². The van der Waals surface area contributed by atoms with Gasteiger partial charge < -0.3 is 24.0 Å². The zero-order valence-corrected chi connectivity index (χ0v) is 20.8. The number of methoxy groups -OCH3 is 3. The molecule has 3 aromatic rings. The van der Waals surface area contributed by atoms with Crippen LogP contribution in [0.4, 0.5) is 10.8 Å². The number of benzene rings is 2. The first-order chi connectivity index (χ1) is 17.0. The number of hydrogen-bond donors (Lipinski definition) is 1. The van der Waals surface area contributed by atoms with E-state index in [0.29, 0.717) is 41.0 Å². The number of nitrogens with zero attached hydrogens (tertiary/aromatic N) is 3. The number of hydrogen-bond acceptors (Lipinski definition) is 8. The second-order valence-electron chi connectivity index (χ2n) is 7.94. The van der Waals surface area contributed by atoms with E-state index in [2.05, 4.69) is 15.2 Å². The molecule has 1 N–H and O–H groups in total.